The average Bonchev–Trinajstić information content (AvgIpc) is 3.38. The molecule has 1 unspecified atom stereocenters. The number of carbonyl (C=O) groups is 1. The smallest absolute Gasteiger partial charge is 0.274 e. The van der Waals surface area contributed by atoms with E-state index >= 15 is 0 Å². The first kappa shape index (κ1) is 20.5. The van der Waals surface area contributed by atoms with Crippen molar-refractivity contribution < 1.29 is 23.0 Å². The van der Waals surface area contributed by atoms with Gasteiger partial charge in [0.1, 0.15) is 17.9 Å². The summed E-state index contributed by atoms with van der Waals surface area (Å²) in [6, 6.07) is 2.24. The molecule has 3 aromatic heterocycles. The topological polar surface area (TPSA) is 124 Å². The monoisotopic (exact) mass is 497 g/mol. The SMILES string of the molecule is O=C(N[C@@H]1CCC1(F)F)c1cnn2c3c(c(Nc4cccn([C@]56C7OC[C@@H]5[C@H]76)c4=O)nc12)OCCN3. The van der Waals surface area contributed by atoms with Crippen molar-refractivity contribution in [2.75, 3.05) is 30.4 Å². The third kappa shape index (κ3) is 2.43. The Hall–Kier alpha value is -3.74. The van der Waals surface area contributed by atoms with Crippen LogP contribution in [0, 0.1) is 11.8 Å². The van der Waals surface area contributed by atoms with Crippen molar-refractivity contribution in [2.24, 2.45) is 11.8 Å². The first-order valence-corrected chi connectivity index (χ1v) is 12.0. The summed E-state index contributed by atoms with van der Waals surface area (Å²) in [7, 11) is 0. The maximum absolute atomic E-state index is 13.7. The number of carbonyl (C=O) groups excluding carboxylic acids is 1. The van der Waals surface area contributed by atoms with Gasteiger partial charge in [0, 0.05) is 24.5 Å². The first-order chi connectivity index (χ1) is 17.4. The summed E-state index contributed by atoms with van der Waals surface area (Å²) in [5, 5.41) is 12.9. The van der Waals surface area contributed by atoms with Crippen LogP contribution in [-0.4, -0.2) is 62.9 Å². The van der Waals surface area contributed by atoms with Crippen molar-refractivity contribution >= 4 is 28.9 Å². The minimum atomic E-state index is -2.92. The number of amides is 1. The molecule has 3 aliphatic heterocycles. The Balaban J connectivity index is 1.18. The fraction of sp³-hybridized carbons (Fsp3) is 0.478. The van der Waals surface area contributed by atoms with Gasteiger partial charge in [-0.25, -0.2) is 13.8 Å². The molecule has 2 bridgehead atoms. The van der Waals surface area contributed by atoms with Crippen LogP contribution in [0.5, 0.6) is 5.75 Å². The zero-order valence-corrected chi connectivity index (χ0v) is 18.8. The lowest BCUT2D eigenvalue weighted by atomic mass is 9.88. The molecule has 186 valence electrons. The van der Waals surface area contributed by atoms with Gasteiger partial charge in [-0.1, -0.05) is 0 Å². The van der Waals surface area contributed by atoms with E-state index in [9.17, 15) is 18.4 Å². The molecule has 3 aliphatic carbocycles. The fourth-order valence-corrected chi connectivity index (χ4v) is 6.13. The Morgan fingerprint density at radius 2 is 2.22 bits per heavy atom. The van der Waals surface area contributed by atoms with Crippen LogP contribution in [0.15, 0.2) is 29.3 Å². The number of hydrogen-bond acceptors (Lipinski definition) is 8. The summed E-state index contributed by atoms with van der Waals surface area (Å²) < 4.78 is 42.2. The highest BCUT2D eigenvalue weighted by Crippen LogP contribution is 2.82. The van der Waals surface area contributed by atoms with E-state index in [0.717, 1.165) is 0 Å². The predicted molar refractivity (Wildman–Crippen MR) is 121 cm³/mol. The van der Waals surface area contributed by atoms with Crippen molar-refractivity contribution in [3.63, 3.8) is 0 Å². The van der Waals surface area contributed by atoms with Crippen LogP contribution >= 0.6 is 0 Å². The van der Waals surface area contributed by atoms with Crippen LogP contribution in [0.4, 0.5) is 26.1 Å². The lowest BCUT2D eigenvalue weighted by Gasteiger charge is -2.36. The van der Waals surface area contributed by atoms with Crippen molar-refractivity contribution in [3.8, 4) is 5.75 Å². The van der Waals surface area contributed by atoms with Crippen LogP contribution in [0.25, 0.3) is 5.65 Å². The number of pyridine rings is 1. The van der Waals surface area contributed by atoms with Gasteiger partial charge in [0.05, 0.1) is 37.0 Å². The highest BCUT2D eigenvalue weighted by Gasteiger charge is 2.93. The Kier molecular flexibility index (Phi) is 3.70. The molecule has 3 aromatic rings. The van der Waals surface area contributed by atoms with Crippen molar-refractivity contribution in [3.05, 3.63) is 40.4 Å². The molecule has 3 N–H and O–H groups in total. The largest absolute Gasteiger partial charge is 0.485 e. The highest BCUT2D eigenvalue weighted by molar-refractivity contribution is 6.00. The molecular formula is C23H21F2N7O4. The Morgan fingerprint density at radius 1 is 1.33 bits per heavy atom. The van der Waals surface area contributed by atoms with E-state index in [1.807, 2.05) is 0 Å². The van der Waals surface area contributed by atoms with Gasteiger partial charge < -0.3 is 30.0 Å². The summed E-state index contributed by atoms with van der Waals surface area (Å²) in [5.41, 5.74) is 0.0877. The van der Waals surface area contributed by atoms with E-state index in [-0.39, 0.29) is 47.1 Å². The maximum atomic E-state index is 13.7. The van der Waals surface area contributed by atoms with Gasteiger partial charge in [-0.05, 0) is 18.6 Å². The van der Waals surface area contributed by atoms with Gasteiger partial charge in [-0.2, -0.15) is 9.61 Å². The number of anilines is 3. The lowest BCUT2D eigenvalue weighted by Crippen LogP contribution is -2.55. The molecule has 11 nitrogen and oxygen atoms in total. The van der Waals surface area contributed by atoms with Gasteiger partial charge in [0.15, 0.2) is 17.3 Å². The number of halogens is 2. The van der Waals surface area contributed by atoms with E-state index in [4.69, 9.17) is 9.47 Å². The molecule has 5 fully saturated rings. The van der Waals surface area contributed by atoms with Crippen molar-refractivity contribution in [1.29, 1.82) is 0 Å². The molecular weight excluding hydrogens is 476 g/mol. The second kappa shape index (κ2) is 6.52. The molecule has 13 heteroatoms. The van der Waals surface area contributed by atoms with Crippen LogP contribution in [0.2, 0.25) is 0 Å². The molecule has 0 spiro atoms. The molecule has 5 atom stereocenters. The number of hydrogen-bond donors (Lipinski definition) is 3. The van der Waals surface area contributed by atoms with E-state index in [0.29, 0.717) is 48.8 Å². The molecule has 6 heterocycles. The average molecular weight is 497 g/mol. The summed E-state index contributed by atoms with van der Waals surface area (Å²) >= 11 is 0. The lowest BCUT2D eigenvalue weighted by molar-refractivity contribution is -0.102. The second-order valence-corrected chi connectivity index (χ2v) is 10.0. The number of ether oxygens (including phenoxy) is 2. The fourth-order valence-electron chi connectivity index (χ4n) is 6.13. The zero-order valence-electron chi connectivity index (χ0n) is 18.8. The van der Waals surface area contributed by atoms with Gasteiger partial charge in [0.25, 0.3) is 17.4 Å². The summed E-state index contributed by atoms with van der Waals surface area (Å²) in [4.78, 5) is 30.8. The van der Waals surface area contributed by atoms with Gasteiger partial charge in [-0.3, -0.25) is 9.59 Å². The second-order valence-electron chi connectivity index (χ2n) is 10.0. The number of nitrogens with one attached hydrogen (secondary N) is 3. The Bertz CT molecular complexity index is 1510. The minimum Gasteiger partial charge on any atom is -0.485 e. The van der Waals surface area contributed by atoms with Crippen LogP contribution in [-0.2, 0) is 10.3 Å². The third-order valence-electron chi connectivity index (χ3n) is 8.27. The molecule has 36 heavy (non-hydrogen) atoms. The number of rotatable bonds is 5. The van der Waals surface area contributed by atoms with E-state index < -0.39 is 17.9 Å². The first-order valence-electron chi connectivity index (χ1n) is 12.0. The predicted octanol–water partition coefficient (Wildman–Crippen LogP) is 1.32. The molecule has 6 aliphatic rings. The van der Waals surface area contributed by atoms with Gasteiger partial charge in [-0.15, -0.1) is 0 Å². The van der Waals surface area contributed by atoms with E-state index in [1.165, 1.54) is 10.7 Å². The van der Waals surface area contributed by atoms with Crippen LogP contribution in [0.1, 0.15) is 23.2 Å². The Labute approximate surface area is 201 Å². The number of fused-ring (bicyclic) bond motifs is 4. The standard InChI is InChI=1S/C23H21F2N7O4/c24-22(25)4-3-13(22)29-20(33)10-8-27-32-18(10)30-17(15-19(32)26-5-7-35-15)28-12-2-1-6-31(21(12)34)23-11-9-36-16(23)14(11)23/h1-2,6,8,11,13-14,16,26H,3-5,7,9H2,(H,28,30)(H,29,33)/t11-,13-,14-,16?,23-/m1/s1. The molecule has 3 saturated carbocycles. The minimum absolute atomic E-state index is 0.0489. The number of aromatic nitrogens is 4. The maximum Gasteiger partial charge on any atom is 0.274 e. The summed E-state index contributed by atoms with van der Waals surface area (Å²) in [6.45, 7) is 1.54. The highest BCUT2D eigenvalue weighted by atomic mass is 19.3. The normalized spacial score (nSPS) is 31.9. The number of alkyl halides is 2. The van der Waals surface area contributed by atoms with Crippen molar-refractivity contribution in [1.82, 2.24) is 24.5 Å². The summed E-state index contributed by atoms with van der Waals surface area (Å²) in [5.74, 6) is -1.78. The molecule has 0 radical (unpaired) electrons. The molecule has 2 saturated heterocycles. The third-order valence-corrected chi connectivity index (χ3v) is 8.27. The van der Waals surface area contributed by atoms with E-state index in [2.05, 4.69) is 26.0 Å². The number of nitrogens with zero attached hydrogens (tertiary/aromatic N) is 4. The van der Waals surface area contributed by atoms with Crippen LogP contribution < -0.4 is 26.2 Å². The van der Waals surface area contributed by atoms with Crippen LogP contribution in [0.3, 0.4) is 0 Å². The van der Waals surface area contributed by atoms with Gasteiger partial charge >= 0.3 is 0 Å². The Morgan fingerprint density at radius 3 is 2.94 bits per heavy atom. The van der Waals surface area contributed by atoms with Crippen molar-refractivity contribution in [2.45, 2.75) is 36.4 Å². The molecule has 0 aromatic carbocycles. The molecule has 9 rings (SSSR count). The molecule has 1 amide bonds. The quantitative estimate of drug-likeness (QED) is 0.482. The zero-order chi connectivity index (χ0) is 24.4. The van der Waals surface area contributed by atoms with E-state index in [1.54, 1.807) is 22.9 Å². The summed E-state index contributed by atoms with van der Waals surface area (Å²) in [6.07, 6.45) is 3.14. The van der Waals surface area contributed by atoms with Gasteiger partial charge in [0.2, 0.25) is 5.75 Å².